The number of piperidine rings is 1. The number of likely N-dealkylation sites (tertiary alicyclic amines) is 1. The van der Waals surface area contributed by atoms with Gasteiger partial charge < -0.3 is 10.2 Å². The first-order valence-corrected chi connectivity index (χ1v) is 9.53. The number of amides is 2. The van der Waals surface area contributed by atoms with Gasteiger partial charge in [0.15, 0.2) is 0 Å². The summed E-state index contributed by atoms with van der Waals surface area (Å²) in [5.74, 6) is 0.423. The predicted molar refractivity (Wildman–Crippen MR) is 100 cm³/mol. The van der Waals surface area contributed by atoms with Crippen molar-refractivity contribution in [1.82, 2.24) is 30.5 Å². The number of hydrogen-bond donors (Lipinski definition) is 1. The molecule has 0 aromatic carbocycles. The van der Waals surface area contributed by atoms with Gasteiger partial charge in [-0.3, -0.25) is 9.59 Å². The predicted octanol–water partition coefficient (Wildman–Crippen LogP) is 1.99. The first-order chi connectivity index (χ1) is 13.3. The Hall–Kier alpha value is -2.84. The second-order valence-electron chi connectivity index (χ2n) is 7.65. The fourth-order valence-electron chi connectivity index (χ4n) is 3.35. The smallest absolute Gasteiger partial charge is 0.257 e. The van der Waals surface area contributed by atoms with E-state index >= 15 is 0 Å². The Bertz CT molecular complexity index is 848. The number of hydrogen-bond acceptors (Lipinski definition) is 7. The molecule has 9 nitrogen and oxygen atoms in total. The molecule has 0 spiro atoms. The highest BCUT2D eigenvalue weighted by Crippen LogP contribution is 2.30. The van der Waals surface area contributed by atoms with E-state index in [-0.39, 0.29) is 24.3 Å². The average molecular weight is 386 g/mol. The van der Waals surface area contributed by atoms with Crippen molar-refractivity contribution in [2.24, 2.45) is 0 Å². The molecule has 0 saturated carbocycles. The van der Waals surface area contributed by atoms with Crippen LogP contribution in [-0.2, 0) is 11.3 Å². The van der Waals surface area contributed by atoms with Crippen LogP contribution in [0.4, 0.5) is 0 Å². The summed E-state index contributed by atoms with van der Waals surface area (Å²) >= 11 is 0. The summed E-state index contributed by atoms with van der Waals surface area (Å²) in [6, 6.07) is 0. The van der Waals surface area contributed by atoms with E-state index < -0.39 is 5.54 Å². The van der Waals surface area contributed by atoms with E-state index in [0.717, 1.165) is 12.8 Å². The van der Waals surface area contributed by atoms with Crippen LogP contribution in [0, 0.1) is 6.92 Å². The van der Waals surface area contributed by atoms with Crippen molar-refractivity contribution in [2.45, 2.75) is 65.0 Å². The van der Waals surface area contributed by atoms with Crippen LogP contribution in [0.1, 0.15) is 73.5 Å². The molecule has 0 unspecified atom stereocenters. The maximum atomic E-state index is 13.1. The molecule has 1 aliphatic heterocycles. The molecule has 150 valence electrons. The van der Waals surface area contributed by atoms with E-state index in [0.29, 0.717) is 35.7 Å². The van der Waals surface area contributed by atoms with Gasteiger partial charge in [-0.05, 0) is 33.1 Å². The maximum absolute atomic E-state index is 13.1. The van der Waals surface area contributed by atoms with E-state index in [2.05, 4.69) is 30.2 Å². The third kappa shape index (κ3) is 3.88. The highest BCUT2D eigenvalue weighted by atomic mass is 16.6. The standard InChI is InChI=1S/C19H26N6O3/c1-12(2)16-20-9-14(10-21-16)17(26)25-8-6-5-7-19(25,4)18(27)22-11-15-13(3)23-28-24-15/h9-10,12H,5-8,11H2,1-4H3,(H,22,27)/t19-/m0/s1. The number of nitrogens with zero attached hydrogens (tertiary/aromatic N) is 5. The Labute approximate surface area is 163 Å². The van der Waals surface area contributed by atoms with Crippen molar-refractivity contribution in [1.29, 1.82) is 0 Å². The molecule has 2 amide bonds. The van der Waals surface area contributed by atoms with Crippen molar-refractivity contribution in [2.75, 3.05) is 6.54 Å². The minimum Gasteiger partial charge on any atom is -0.348 e. The SMILES string of the molecule is Cc1nonc1CNC(=O)[C@]1(C)CCCCN1C(=O)c1cnc(C(C)C)nc1. The zero-order valence-corrected chi connectivity index (χ0v) is 16.7. The number of rotatable bonds is 5. The molecule has 28 heavy (non-hydrogen) atoms. The second kappa shape index (κ2) is 8.04. The summed E-state index contributed by atoms with van der Waals surface area (Å²) in [6.45, 7) is 8.27. The molecule has 1 fully saturated rings. The van der Waals surface area contributed by atoms with Gasteiger partial charge >= 0.3 is 0 Å². The summed E-state index contributed by atoms with van der Waals surface area (Å²) in [7, 11) is 0. The fourth-order valence-corrected chi connectivity index (χ4v) is 3.35. The van der Waals surface area contributed by atoms with Gasteiger partial charge in [0.1, 0.15) is 22.8 Å². The largest absolute Gasteiger partial charge is 0.348 e. The molecule has 0 radical (unpaired) electrons. The van der Waals surface area contributed by atoms with E-state index in [1.165, 1.54) is 0 Å². The molecule has 1 atom stereocenters. The summed E-state index contributed by atoms with van der Waals surface area (Å²) in [6.07, 6.45) is 5.41. The van der Waals surface area contributed by atoms with Crippen molar-refractivity contribution in [3.05, 3.63) is 35.2 Å². The molecule has 9 heteroatoms. The third-order valence-corrected chi connectivity index (χ3v) is 5.22. The van der Waals surface area contributed by atoms with Crippen LogP contribution in [0.5, 0.6) is 0 Å². The molecule has 3 rings (SSSR count). The summed E-state index contributed by atoms with van der Waals surface area (Å²) in [5.41, 5.74) is 0.645. The Morgan fingerprint density at radius 1 is 1.25 bits per heavy atom. The number of aromatic nitrogens is 4. The third-order valence-electron chi connectivity index (χ3n) is 5.22. The summed E-state index contributed by atoms with van der Waals surface area (Å²) in [4.78, 5) is 36.3. The van der Waals surface area contributed by atoms with Gasteiger partial charge in [0.25, 0.3) is 5.91 Å². The topological polar surface area (TPSA) is 114 Å². The number of carbonyl (C=O) groups excluding carboxylic acids is 2. The van der Waals surface area contributed by atoms with Gasteiger partial charge in [-0.25, -0.2) is 14.6 Å². The Balaban J connectivity index is 1.76. The van der Waals surface area contributed by atoms with Crippen molar-refractivity contribution in [3.63, 3.8) is 0 Å². The van der Waals surface area contributed by atoms with Gasteiger partial charge in [0, 0.05) is 24.9 Å². The first kappa shape index (κ1) is 19.9. The average Bonchev–Trinajstić information content (AvgIpc) is 3.10. The monoisotopic (exact) mass is 386 g/mol. The molecule has 1 saturated heterocycles. The molecule has 1 N–H and O–H groups in total. The highest BCUT2D eigenvalue weighted by molar-refractivity contribution is 5.98. The van der Waals surface area contributed by atoms with Crippen LogP contribution in [0.3, 0.4) is 0 Å². The molecular weight excluding hydrogens is 360 g/mol. The molecule has 3 heterocycles. The van der Waals surface area contributed by atoms with Crippen LogP contribution in [0.15, 0.2) is 17.0 Å². The molecule has 2 aromatic rings. The number of carbonyl (C=O) groups is 2. The van der Waals surface area contributed by atoms with Gasteiger partial charge in [-0.15, -0.1) is 0 Å². The Kier molecular flexibility index (Phi) is 5.71. The second-order valence-corrected chi connectivity index (χ2v) is 7.65. The lowest BCUT2D eigenvalue weighted by atomic mass is 9.86. The fraction of sp³-hybridized carbons (Fsp3) is 0.579. The first-order valence-electron chi connectivity index (χ1n) is 9.53. The van der Waals surface area contributed by atoms with Gasteiger partial charge in [-0.2, -0.15) is 0 Å². The normalized spacial score (nSPS) is 19.7. The minimum absolute atomic E-state index is 0.185. The van der Waals surface area contributed by atoms with Crippen molar-refractivity contribution < 1.29 is 14.2 Å². The van der Waals surface area contributed by atoms with Crippen LogP contribution < -0.4 is 5.32 Å². The minimum atomic E-state index is -0.947. The lowest BCUT2D eigenvalue weighted by Gasteiger charge is -2.43. The Morgan fingerprint density at radius 3 is 2.57 bits per heavy atom. The van der Waals surface area contributed by atoms with Crippen LogP contribution in [-0.4, -0.2) is 49.1 Å². The maximum Gasteiger partial charge on any atom is 0.257 e. The molecule has 1 aliphatic rings. The van der Waals surface area contributed by atoms with E-state index in [9.17, 15) is 9.59 Å². The molecule has 0 aliphatic carbocycles. The van der Waals surface area contributed by atoms with Crippen LogP contribution in [0.25, 0.3) is 0 Å². The van der Waals surface area contributed by atoms with E-state index in [1.807, 2.05) is 13.8 Å². The van der Waals surface area contributed by atoms with E-state index in [1.54, 1.807) is 31.1 Å². The van der Waals surface area contributed by atoms with E-state index in [4.69, 9.17) is 0 Å². The summed E-state index contributed by atoms with van der Waals surface area (Å²) in [5, 5.41) is 10.4. The lowest BCUT2D eigenvalue weighted by Crippen LogP contribution is -2.60. The van der Waals surface area contributed by atoms with Gasteiger partial charge in [0.2, 0.25) is 5.91 Å². The molecular formula is C19H26N6O3. The number of nitrogens with one attached hydrogen (secondary N) is 1. The summed E-state index contributed by atoms with van der Waals surface area (Å²) < 4.78 is 4.66. The lowest BCUT2D eigenvalue weighted by molar-refractivity contribution is -0.133. The zero-order chi connectivity index (χ0) is 20.3. The Morgan fingerprint density at radius 2 is 1.96 bits per heavy atom. The van der Waals surface area contributed by atoms with Crippen molar-refractivity contribution >= 4 is 11.8 Å². The molecule has 0 bridgehead atoms. The molecule has 2 aromatic heterocycles. The van der Waals surface area contributed by atoms with Crippen LogP contribution in [0.2, 0.25) is 0 Å². The number of aryl methyl sites for hydroxylation is 1. The quantitative estimate of drug-likeness (QED) is 0.836. The van der Waals surface area contributed by atoms with Gasteiger partial charge in [-0.1, -0.05) is 24.2 Å². The van der Waals surface area contributed by atoms with Crippen molar-refractivity contribution in [3.8, 4) is 0 Å². The highest BCUT2D eigenvalue weighted by Gasteiger charge is 2.44. The van der Waals surface area contributed by atoms with Crippen LogP contribution >= 0.6 is 0 Å². The van der Waals surface area contributed by atoms with Gasteiger partial charge in [0.05, 0.1) is 12.1 Å². The zero-order valence-electron chi connectivity index (χ0n) is 16.7.